The molecule has 4 aliphatic rings. The Labute approximate surface area is 224 Å². The van der Waals surface area contributed by atoms with Gasteiger partial charge in [-0.25, -0.2) is 0 Å². The molecule has 2 saturated carbocycles. The molecule has 4 amide bonds. The van der Waals surface area contributed by atoms with Crippen molar-refractivity contribution in [3.63, 3.8) is 0 Å². The molecule has 3 fully saturated rings. The third kappa shape index (κ3) is 4.18. The molecular formula is C28H27N7O4. The van der Waals surface area contributed by atoms with Gasteiger partial charge >= 0.3 is 0 Å². The highest BCUT2D eigenvalue weighted by Crippen LogP contribution is 2.45. The molecule has 1 aromatic carbocycles. The maximum absolute atomic E-state index is 13.1. The summed E-state index contributed by atoms with van der Waals surface area (Å²) in [5.41, 5.74) is 4.38. The lowest BCUT2D eigenvalue weighted by Gasteiger charge is -2.35. The van der Waals surface area contributed by atoms with Crippen LogP contribution >= 0.6 is 0 Å². The molecule has 0 spiro atoms. The summed E-state index contributed by atoms with van der Waals surface area (Å²) in [5.74, 6) is -1.03. The molecule has 4 heterocycles. The second-order valence-corrected chi connectivity index (χ2v) is 10.9. The van der Waals surface area contributed by atoms with Gasteiger partial charge in [-0.15, -0.1) is 0 Å². The zero-order valence-electron chi connectivity index (χ0n) is 21.2. The summed E-state index contributed by atoms with van der Waals surface area (Å²) in [6, 6.07) is 8.35. The molecule has 11 nitrogen and oxygen atoms in total. The molecule has 3 aromatic rings. The van der Waals surface area contributed by atoms with Gasteiger partial charge in [-0.1, -0.05) is 0 Å². The fourth-order valence-corrected chi connectivity index (χ4v) is 5.82. The van der Waals surface area contributed by atoms with Gasteiger partial charge in [0.15, 0.2) is 0 Å². The molecule has 2 aliphatic carbocycles. The minimum absolute atomic E-state index is 0.0983. The Hall–Kier alpha value is -4.41. The first-order chi connectivity index (χ1) is 19.0. The minimum Gasteiger partial charge on any atom is -0.385 e. The van der Waals surface area contributed by atoms with Gasteiger partial charge < -0.3 is 5.32 Å². The quantitative estimate of drug-likeness (QED) is 0.449. The van der Waals surface area contributed by atoms with Crippen LogP contribution in [0, 0.1) is 5.92 Å². The Morgan fingerprint density at radius 1 is 0.974 bits per heavy atom. The van der Waals surface area contributed by atoms with Crippen LogP contribution in [0.5, 0.6) is 0 Å². The third-order valence-electron chi connectivity index (χ3n) is 8.19. The lowest BCUT2D eigenvalue weighted by atomic mass is 9.80. The van der Waals surface area contributed by atoms with E-state index in [4.69, 9.17) is 5.10 Å². The number of benzene rings is 1. The zero-order chi connectivity index (χ0) is 26.7. The molecule has 2 N–H and O–H groups in total. The van der Waals surface area contributed by atoms with E-state index in [-0.39, 0.29) is 29.9 Å². The van der Waals surface area contributed by atoms with Gasteiger partial charge in [0.2, 0.25) is 11.8 Å². The number of amides is 4. The summed E-state index contributed by atoms with van der Waals surface area (Å²) in [7, 11) is 0. The highest BCUT2D eigenvalue weighted by molar-refractivity contribution is 6.23. The minimum atomic E-state index is -0.962. The first-order valence-corrected chi connectivity index (χ1v) is 13.4. The normalized spacial score (nSPS) is 24.4. The molecule has 1 unspecified atom stereocenters. The number of hydrogen-bond donors (Lipinski definition) is 2. The zero-order valence-corrected chi connectivity index (χ0v) is 21.2. The molecule has 0 radical (unpaired) electrons. The van der Waals surface area contributed by atoms with Gasteiger partial charge in [0.25, 0.3) is 11.8 Å². The van der Waals surface area contributed by atoms with Gasteiger partial charge in [-0.05, 0) is 68.4 Å². The average molecular weight is 526 g/mol. The van der Waals surface area contributed by atoms with Crippen LogP contribution in [-0.2, 0) is 9.59 Å². The van der Waals surface area contributed by atoms with E-state index in [1.165, 1.54) is 12.8 Å². The Balaban J connectivity index is 0.987. The Bertz CT molecular complexity index is 1510. The summed E-state index contributed by atoms with van der Waals surface area (Å²) < 4.78 is 2.09. The maximum atomic E-state index is 13.1. The van der Waals surface area contributed by atoms with Crippen molar-refractivity contribution in [2.45, 2.75) is 56.5 Å². The number of carbonyl (C=O) groups is 4. The molecule has 1 saturated heterocycles. The second-order valence-electron chi connectivity index (χ2n) is 10.9. The van der Waals surface area contributed by atoms with Gasteiger partial charge in [0, 0.05) is 42.5 Å². The fourth-order valence-electron chi connectivity index (χ4n) is 5.82. The van der Waals surface area contributed by atoms with E-state index in [2.05, 4.69) is 31.7 Å². The van der Waals surface area contributed by atoms with E-state index in [0.29, 0.717) is 17.9 Å². The second kappa shape index (κ2) is 9.11. The molecular weight excluding hydrogens is 498 g/mol. The number of carbonyl (C=O) groups excluding carboxylic acids is 4. The number of anilines is 1. The predicted molar refractivity (Wildman–Crippen MR) is 139 cm³/mol. The van der Waals surface area contributed by atoms with Crippen molar-refractivity contribution < 1.29 is 19.2 Å². The largest absolute Gasteiger partial charge is 0.385 e. The molecule has 198 valence electrons. The lowest BCUT2D eigenvalue weighted by molar-refractivity contribution is -0.136. The van der Waals surface area contributed by atoms with Crippen LogP contribution < -0.4 is 10.6 Å². The highest BCUT2D eigenvalue weighted by atomic mass is 16.2. The first-order valence-electron chi connectivity index (χ1n) is 13.4. The van der Waals surface area contributed by atoms with E-state index in [1.807, 2.05) is 12.1 Å². The van der Waals surface area contributed by atoms with Crippen molar-refractivity contribution in [2.24, 2.45) is 5.92 Å². The van der Waals surface area contributed by atoms with Crippen LogP contribution in [0.4, 0.5) is 5.69 Å². The van der Waals surface area contributed by atoms with Crippen LogP contribution in [0.3, 0.4) is 0 Å². The van der Waals surface area contributed by atoms with E-state index in [1.54, 1.807) is 24.4 Å². The number of rotatable bonds is 7. The summed E-state index contributed by atoms with van der Waals surface area (Å²) >= 11 is 0. The van der Waals surface area contributed by atoms with Crippen LogP contribution in [-0.4, -0.2) is 61.1 Å². The van der Waals surface area contributed by atoms with Gasteiger partial charge in [0.1, 0.15) is 6.04 Å². The van der Waals surface area contributed by atoms with Gasteiger partial charge in [-0.3, -0.25) is 34.1 Å². The lowest BCUT2D eigenvalue weighted by Crippen LogP contribution is -2.54. The maximum Gasteiger partial charge on any atom is 0.262 e. The van der Waals surface area contributed by atoms with Crippen molar-refractivity contribution in [1.82, 2.24) is 30.2 Å². The van der Waals surface area contributed by atoms with E-state index >= 15 is 0 Å². The molecule has 0 bridgehead atoms. The Kier molecular flexibility index (Phi) is 5.53. The number of piperidine rings is 1. The van der Waals surface area contributed by atoms with Crippen LogP contribution in [0.2, 0.25) is 0 Å². The average Bonchev–Trinajstić information content (AvgIpc) is 3.62. The van der Waals surface area contributed by atoms with E-state index < -0.39 is 23.8 Å². The summed E-state index contributed by atoms with van der Waals surface area (Å²) in [6.07, 6.45) is 8.35. The number of aromatic nitrogens is 4. The Morgan fingerprint density at radius 2 is 1.79 bits per heavy atom. The Morgan fingerprint density at radius 3 is 2.54 bits per heavy atom. The van der Waals surface area contributed by atoms with Crippen molar-refractivity contribution >= 4 is 29.3 Å². The van der Waals surface area contributed by atoms with Crippen molar-refractivity contribution in [3.05, 3.63) is 59.5 Å². The summed E-state index contributed by atoms with van der Waals surface area (Å²) in [4.78, 5) is 50.7. The molecule has 11 heteroatoms. The van der Waals surface area contributed by atoms with Crippen LogP contribution in [0.15, 0.2) is 42.7 Å². The number of nitrogens with zero attached hydrogens (tertiary/aromatic N) is 5. The first kappa shape index (κ1) is 23.7. The topological polar surface area (TPSA) is 139 Å². The predicted octanol–water partition coefficient (Wildman–Crippen LogP) is 2.68. The third-order valence-corrected chi connectivity index (χ3v) is 8.19. The smallest absolute Gasteiger partial charge is 0.262 e. The standard InChI is InChI=1S/C28H27N7O4/c36-24-8-7-23(26(37)31-24)35-27(38)19-6-5-17(12-20(19)28(35)39)29-13-15-10-18(11-15)34-14-21(22-2-1-9-30-32-22)25(33-34)16-3-4-16/h1-2,5-6,9,12,14-16,18,23,29H,3-4,7-8,10-11,13H2,(H,31,36,37)/t15-,18-,23?. The fraction of sp³-hybridized carbons (Fsp3) is 0.393. The molecule has 1 atom stereocenters. The summed E-state index contributed by atoms with van der Waals surface area (Å²) in [6.45, 7) is 0.738. The van der Waals surface area contributed by atoms with Gasteiger partial charge in [-0.2, -0.15) is 15.3 Å². The van der Waals surface area contributed by atoms with Crippen molar-refractivity contribution in [2.75, 3.05) is 11.9 Å². The van der Waals surface area contributed by atoms with Crippen LogP contribution in [0.25, 0.3) is 11.3 Å². The van der Waals surface area contributed by atoms with Gasteiger partial charge in [0.05, 0.1) is 28.6 Å². The molecule has 7 rings (SSSR count). The van der Waals surface area contributed by atoms with E-state index in [0.717, 1.165) is 46.9 Å². The van der Waals surface area contributed by atoms with E-state index in [9.17, 15) is 19.2 Å². The highest BCUT2D eigenvalue weighted by Gasteiger charge is 2.44. The van der Waals surface area contributed by atoms with Crippen molar-refractivity contribution in [1.29, 1.82) is 0 Å². The number of hydrogen-bond acceptors (Lipinski definition) is 8. The molecule has 2 aliphatic heterocycles. The SMILES string of the molecule is O=C1CCC(N2C(=O)c3ccc(NC[C@H]4C[C@H](n5cc(-c6cccnn6)c(C6CC6)n5)C4)cc3C2=O)C(=O)N1. The number of fused-ring (bicyclic) bond motifs is 1. The summed E-state index contributed by atoms with van der Waals surface area (Å²) in [5, 5.41) is 18.9. The monoisotopic (exact) mass is 525 g/mol. The van der Waals surface area contributed by atoms with Crippen LogP contribution in [0.1, 0.15) is 76.9 Å². The number of nitrogens with one attached hydrogen (secondary N) is 2. The molecule has 2 aromatic heterocycles. The van der Waals surface area contributed by atoms with Crippen molar-refractivity contribution in [3.8, 4) is 11.3 Å². The number of imide groups is 2. The molecule has 39 heavy (non-hydrogen) atoms.